The number of carbonyl (C=O) groups is 2. The molecule has 110 valence electrons. The minimum absolute atomic E-state index is 0.334. The highest BCUT2D eigenvalue weighted by Gasteiger charge is 2.31. The first-order valence-electron chi connectivity index (χ1n) is 6.37. The Balaban J connectivity index is 1.66. The number of rotatable bonds is 6. The van der Waals surface area contributed by atoms with Crippen molar-refractivity contribution < 1.29 is 9.59 Å². The van der Waals surface area contributed by atoms with Crippen LogP contribution in [0, 0.1) is 0 Å². The standard InChI is InChI=1S/C11H12N6O2S2/c18-4-12-10-16-14-8(20-10)6-1-2-7(3-6)9-15-17-11(21-9)13-5-19/h4-7H,1-3H2,(H,12,16,18)(H,13,17,19)/t6-,7+. The molecule has 2 atom stereocenters. The molecule has 0 aromatic carbocycles. The summed E-state index contributed by atoms with van der Waals surface area (Å²) < 4.78 is 0. The second-order valence-electron chi connectivity index (χ2n) is 4.62. The van der Waals surface area contributed by atoms with Crippen LogP contribution in [0.1, 0.15) is 41.1 Å². The number of nitrogens with one attached hydrogen (secondary N) is 2. The van der Waals surface area contributed by atoms with Gasteiger partial charge in [-0.1, -0.05) is 22.7 Å². The predicted molar refractivity (Wildman–Crippen MR) is 78.5 cm³/mol. The molecule has 1 aliphatic rings. The molecule has 2 amide bonds. The third-order valence-electron chi connectivity index (χ3n) is 3.38. The fourth-order valence-corrected chi connectivity index (χ4v) is 4.15. The van der Waals surface area contributed by atoms with Crippen molar-refractivity contribution in [3.63, 3.8) is 0 Å². The molecule has 1 saturated carbocycles. The van der Waals surface area contributed by atoms with Crippen LogP contribution in [0.15, 0.2) is 0 Å². The zero-order chi connectivity index (χ0) is 14.7. The van der Waals surface area contributed by atoms with Gasteiger partial charge in [0.25, 0.3) is 0 Å². The number of hydrogen-bond acceptors (Lipinski definition) is 8. The van der Waals surface area contributed by atoms with Gasteiger partial charge >= 0.3 is 0 Å². The molecule has 0 unspecified atom stereocenters. The van der Waals surface area contributed by atoms with Gasteiger partial charge in [0.1, 0.15) is 10.0 Å². The summed E-state index contributed by atoms with van der Waals surface area (Å²) >= 11 is 2.82. The lowest BCUT2D eigenvalue weighted by Crippen LogP contribution is -1.95. The molecule has 2 N–H and O–H groups in total. The molecule has 8 nitrogen and oxygen atoms in total. The van der Waals surface area contributed by atoms with Crippen molar-refractivity contribution in [2.24, 2.45) is 0 Å². The van der Waals surface area contributed by atoms with Crippen molar-refractivity contribution >= 4 is 45.8 Å². The summed E-state index contributed by atoms with van der Waals surface area (Å²) in [5.74, 6) is 0.669. The van der Waals surface area contributed by atoms with Crippen molar-refractivity contribution in [2.45, 2.75) is 31.1 Å². The lowest BCUT2D eigenvalue weighted by Gasteiger charge is -2.05. The zero-order valence-corrected chi connectivity index (χ0v) is 12.5. The summed E-state index contributed by atoms with van der Waals surface area (Å²) in [7, 11) is 0. The molecule has 0 bridgehead atoms. The maximum Gasteiger partial charge on any atom is 0.213 e. The highest BCUT2D eigenvalue weighted by molar-refractivity contribution is 7.15. The summed E-state index contributed by atoms with van der Waals surface area (Å²) in [5.41, 5.74) is 0. The first-order chi connectivity index (χ1) is 10.3. The van der Waals surface area contributed by atoms with Crippen LogP contribution in [0.4, 0.5) is 10.3 Å². The van der Waals surface area contributed by atoms with Crippen LogP contribution in [0.5, 0.6) is 0 Å². The molecule has 10 heteroatoms. The summed E-state index contributed by atoms with van der Waals surface area (Å²) in [6.45, 7) is 0. The van der Waals surface area contributed by atoms with Gasteiger partial charge in [-0.05, 0) is 19.3 Å². The second-order valence-corrected chi connectivity index (χ2v) is 6.64. The van der Waals surface area contributed by atoms with Crippen molar-refractivity contribution in [1.82, 2.24) is 20.4 Å². The number of anilines is 2. The van der Waals surface area contributed by atoms with Crippen LogP contribution in [-0.4, -0.2) is 33.2 Å². The van der Waals surface area contributed by atoms with Crippen molar-refractivity contribution in [3.05, 3.63) is 10.0 Å². The van der Waals surface area contributed by atoms with Gasteiger partial charge < -0.3 is 10.6 Å². The van der Waals surface area contributed by atoms with E-state index in [0.29, 0.717) is 34.9 Å². The third kappa shape index (κ3) is 3.05. The number of nitrogens with zero attached hydrogens (tertiary/aromatic N) is 4. The lowest BCUT2D eigenvalue weighted by molar-refractivity contribution is -0.106. The Bertz CT molecular complexity index is 588. The summed E-state index contributed by atoms with van der Waals surface area (Å²) in [6, 6.07) is 0. The maximum atomic E-state index is 10.4. The van der Waals surface area contributed by atoms with E-state index < -0.39 is 0 Å². The molecule has 2 heterocycles. The number of carbonyl (C=O) groups excluding carboxylic acids is 2. The van der Waals surface area contributed by atoms with E-state index in [1.54, 1.807) is 0 Å². The van der Waals surface area contributed by atoms with E-state index in [-0.39, 0.29) is 0 Å². The van der Waals surface area contributed by atoms with Gasteiger partial charge in [-0.2, -0.15) is 0 Å². The Morgan fingerprint density at radius 2 is 1.33 bits per heavy atom. The monoisotopic (exact) mass is 324 g/mol. The van der Waals surface area contributed by atoms with Crippen molar-refractivity contribution in [3.8, 4) is 0 Å². The van der Waals surface area contributed by atoms with Gasteiger partial charge in [-0.3, -0.25) is 9.59 Å². The van der Waals surface area contributed by atoms with Gasteiger partial charge in [-0.15, -0.1) is 20.4 Å². The van der Waals surface area contributed by atoms with Gasteiger partial charge in [0, 0.05) is 11.8 Å². The Kier molecular flexibility index (Phi) is 4.15. The van der Waals surface area contributed by atoms with Crippen LogP contribution in [-0.2, 0) is 9.59 Å². The summed E-state index contributed by atoms with van der Waals surface area (Å²) in [4.78, 5) is 20.8. The quantitative estimate of drug-likeness (QED) is 0.781. The highest BCUT2D eigenvalue weighted by atomic mass is 32.1. The van der Waals surface area contributed by atoms with E-state index in [0.717, 1.165) is 29.3 Å². The van der Waals surface area contributed by atoms with Gasteiger partial charge in [0.05, 0.1) is 0 Å². The van der Waals surface area contributed by atoms with Crippen LogP contribution in [0.2, 0.25) is 0 Å². The normalized spacial score (nSPS) is 21.1. The zero-order valence-electron chi connectivity index (χ0n) is 10.9. The molecule has 1 aliphatic carbocycles. The minimum Gasteiger partial charge on any atom is -0.303 e. The van der Waals surface area contributed by atoms with Crippen molar-refractivity contribution in [2.75, 3.05) is 10.6 Å². The molecule has 2 aromatic rings. The van der Waals surface area contributed by atoms with Crippen molar-refractivity contribution in [1.29, 1.82) is 0 Å². The molecule has 0 saturated heterocycles. The second kappa shape index (κ2) is 6.22. The molecule has 0 aliphatic heterocycles. The molecule has 0 radical (unpaired) electrons. The Labute approximate surface area is 128 Å². The van der Waals surface area contributed by atoms with E-state index in [2.05, 4.69) is 31.0 Å². The van der Waals surface area contributed by atoms with E-state index in [9.17, 15) is 9.59 Å². The molecular formula is C11H12N6O2S2. The topological polar surface area (TPSA) is 110 Å². The van der Waals surface area contributed by atoms with Gasteiger partial charge in [-0.25, -0.2) is 0 Å². The third-order valence-corrected chi connectivity index (χ3v) is 5.41. The van der Waals surface area contributed by atoms with Gasteiger partial charge in [0.15, 0.2) is 0 Å². The predicted octanol–water partition coefficient (Wildman–Crippen LogP) is 1.58. The largest absolute Gasteiger partial charge is 0.303 e. The van der Waals surface area contributed by atoms with E-state index >= 15 is 0 Å². The SMILES string of the molecule is O=CNc1nnc([C@@H]2CC[C@H](c3nnc(NC=O)s3)C2)s1. The molecule has 0 spiro atoms. The highest BCUT2D eigenvalue weighted by Crippen LogP contribution is 2.45. The Morgan fingerprint density at radius 3 is 1.76 bits per heavy atom. The fourth-order valence-electron chi connectivity index (χ4n) is 2.45. The number of aromatic nitrogens is 4. The van der Waals surface area contributed by atoms with E-state index in [4.69, 9.17) is 0 Å². The fraction of sp³-hybridized carbons (Fsp3) is 0.455. The minimum atomic E-state index is 0.334. The van der Waals surface area contributed by atoms with Crippen LogP contribution < -0.4 is 10.6 Å². The molecular weight excluding hydrogens is 312 g/mol. The smallest absolute Gasteiger partial charge is 0.213 e. The van der Waals surface area contributed by atoms with E-state index in [1.807, 2.05) is 0 Å². The molecule has 3 rings (SSSR count). The molecule has 1 fully saturated rings. The number of amides is 2. The summed E-state index contributed by atoms with van der Waals surface area (Å²) in [6.07, 6.45) is 4.16. The molecule has 2 aromatic heterocycles. The Morgan fingerprint density at radius 1 is 0.857 bits per heavy atom. The number of hydrogen-bond donors (Lipinski definition) is 2. The first-order valence-corrected chi connectivity index (χ1v) is 8.00. The van der Waals surface area contributed by atoms with Crippen LogP contribution >= 0.6 is 22.7 Å². The average Bonchev–Trinajstić information content (AvgIpc) is 3.18. The van der Waals surface area contributed by atoms with Crippen LogP contribution in [0.3, 0.4) is 0 Å². The van der Waals surface area contributed by atoms with Gasteiger partial charge in [0.2, 0.25) is 23.1 Å². The van der Waals surface area contributed by atoms with E-state index in [1.165, 1.54) is 22.7 Å². The summed E-state index contributed by atoms with van der Waals surface area (Å²) in [5, 5.41) is 24.1. The molecule has 21 heavy (non-hydrogen) atoms. The lowest BCUT2D eigenvalue weighted by atomic mass is 10.1. The maximum absolute atomic E-state index is 10.4. The first kappa shape index (κ1) is 14.0. The average molecular weight is 324 g/mol. The Hall–Kier alpha value is -1.94. The van der Waals surface area contributed by atoms with Crippen LogP contribution in [0.25, 0.3) is 0 Å².